The Kier molecular flexibility index (Phi) is 6.91. The highest BCUT2D eigenvalue weighted by Crippen LogP contribution is 2.36. The predicted molar refractivity (Wildman–Crippen MR) is 126 cm³/mol. The minimum atomic E-state index is -0.356. The van der Waals surface area contributed by atoms with E-state index in [1.54, 1.807) is 30.3 Å². The Bertz CT molecular complexity index is 1060. The van der Waals surface area contributed by atoms with Crippen LogP contribution in [-0.4, -0.2) is 55.1 Å². The Morgan fingerprint density at radius 2 is 1.91 bits per heavy atom. The molecule has 2 aromatic rings. The lowest BCUT2D eigenvalue weighted by Gasteiger charge is -2.30. The summed E-state index contributed by atoms with van der Waals surface area (Å²) in [6, 6.07) is 10.3. The average molecular weight is 474 g/mol. The van der Waals surface area contributed by atoms with Crippen LogP contribution in [0, 0.1) is 0 Å². The summed E-state index contributed by atoms with van der Waals surface area (Å²) >= 11 is 7.54. The molecule has 32 heavy (non-hydrogen) atoms. The van der Waals surface area contributed by atoms with Crippen molar-refractivity contribution in [2.24, 2.45) is 0 Å². The molecule has 2 heterocycles. The van der Waals surface area contributed by atoms with Gasteiger partial charge in [-0.15, -0.1) is 11.8 Å². The van der Waals surface area contributed by atoms with Crippen molar-refractivity contribution in [1.82, 2.24) is 4.90 Å². The molecule has 2 aromatic carbocycles. The molecule has 0 atom stereocenters. The Balaban J connectivity index is 1.52. The minimum Gasteiger partial charge on any atom is -0.495 e. The number of piperidine rings is 1. The van der Waals surface area contributed by atoms with Crippen LogP contribution in [0.1, 0.15) is 29.6 Å². The van der Waals surface area contributed by atoms with Crippen molar-refractivity contribution in [1.29, 1.82) is 0 Å². The highest BCUT2D eigenvalue weighted by Gasteiger charge is 2.28. The summed E-state index contributed by atoms with van der Waals surface area (Å²) < 4.78 is 5.12. The molecule has 9 heteroatoms. The van der Waals surface area contributed by atoms with E-state index in [9.17, 15) is 14.4 Å². The monoisotopic (exact) mass is 473 g/mol. The Morgan fingerprint density at radius 3 is 2.62 bits per heavy atom. The van der Waals surface area contributed by atoms with E-state index in [0.29, 0.717) is 27.7 Å². The molecule has 7 nitrogen and oxygen atoms in total. The summed E-state index contributed by atoms with van der Waals surface area (Å²) in [7, 11) is 1.52. The van der Waals surface area contributed by atoms with Gasteiger partial charge in [-0.1, -0.05) is 11.6 Å². The Hall–Kier alpha value is -2.71. The van der Waals surface area contributed by atoms with E-state index in [-0.39, 0.29) is 30.0 Å². The van der Waals surface area contributed by atoms with Gasteiger partial charge in [0.05, 0.1) is 23.6 Å². The molecular formula is C23H24ClN3O4S. The van der Waals surface area contributed by atoms with Crippen LogP contribution in [0.2, 0.25) is 5.02 Å². The molecule has 2 aliphatic heterocycles. The fraction of sp³-hybridized carbons (Fsp3) is 0.348. The molecule has 0 aliphatic carbocycles. The fourth-order valence-corrected chi connectivity index (χ4v) is 5.05. The smallest absolute Gasteiger partial charge is 0.253 e. The molecule has 1 N–H and O–H groups in total. The molecule has 168 valence electrons. The van der Waals surface area contributed by atoms with E-state index in [2.05, 4.69) is 5.32 Å². The summed E-state index contributed by atoms with van der Waals surface area (Å²) in [6.45, 7) is 1.34. The molecule has 0 spiro atoms. The second-order valence-corrected chi connectivity index (χ2v) is 9.13. The fourth-order valence-electron chi connectivity index (χ4n) is 3.88. The van der Waals surface area contributed by atoms with Gasteiger partial charge in [-0.3, -0.25) is 14.4 Å². The number of nitrogens with zero attached hydrogens (tertiary/aromatic N) is 2. The summed E-state index contributed by atoms with van der Waals surface area (Å²) in [4.78, 5) is 42.5. The molecule has 3 amide bonds. The third-order valence-electron chi connectivity index (χ3n) is 5.53. The van der Waals surface area contributed by atoms with Crippen molar-refractivity contribution in [2.75, 3.05) is 42.7 Å². The Morgan fingerprint density at radius 1 is 1.12 bits per heavy atom. The van der Waals surface area contributed by atoms with E-state index in [1.165, 1.54) is 23.8 Å². The number of carbonyl (C=O) groups is 3. The highest BCUT2D eigenvalue weighted by atomic mass is 35.5. The van der Waals surface area contributed by atoms with E-state index in [1.807, 2.05) is 11.0 Å². The van der Waals surface area contributed by atoms with Crippen LogP contribution in [0.4, 0.5) is 11.4 Å². The number of hydrogen-bond donors (Lipinski definition) is 1. The van der Waals surface area contributed by atoms with Crippen LogP contribution in [0.3, 0.4) is 0 Å². The number of ether oxygens (including phenoxy) is 1. The molecule has 2 aliphatic rings. The SMILES string of the molecule is COc1ccc(NC(=O)CN2C(=O)CSc3ccc(C(=O)N4CCCCC4)cc32)cc1Cl. The molecular weight excluding hydrogens is 450 g/mol. The van der Waals surface area contributed by atoms with E-state index >= 15 is 0 Å². The maximum absolute atomic E-state index is 12.9. The standard InChI is InChI=1S/C23H24ClN3O4S/c1-31-19-7-6-16(12-17(19)24)25-21(28)13-27-18-11-15(5-8-20(18)32-14-22(27)29)23(30)26-9-3-2-4-10-26/h5-8,11-12H,2-4,9-10,13-14H2,1H3,(H,25,28). The number of amides is 3. The van der Waals surface area contributed by atoms with Crippen molar-refractivity contribution >= 4 is 52.5 Å². The van der Waals surface area contributed by atoms with Crippen molar-refractivity contribution in [3.8, 4) is 5.75 Å². The van der Waals surface area contributed by atoms with Crippen LogP contribution < -0.4 is 15.0 Å². The number of nitrogens with one attached hydrogen (secondary N) is 1. The molecule has 0 bridgehead atoms. The number of likely N-dealkylation sites (tertiary alicyclic amines) is 1. The first-order valence-electron chi connectivity index (χ1n) is 10.5. The first kappa shape index (κ1) is 22.5. The number of benzene rings is 2. The lowest BCUT2D eigenvalue weighted by molar-refractivity contribution is -0.120. The van der Waals surface area contributed by atoms with Crippen molar-refractivity contribution in [3.63, 3.8) is 0 Å². The maximum atomic E-state index is 12.9. The van der Waals surface area contributed by atoms with Crippen LogP contribution in [0.25, 0.3) is 0 Å². The first-order chi connectivity index (χ1) is 15.5. The van der Waals surface area contributed by atoms with Gasteiger partial charge in [0.25, 0.3) is 5.91 Å². The summed E-state index contributed by atoms with van der Waals surface area (Å²) in [5, 5.41) is 3.14. The van der Waals surface area contributed by atoms with E-state index in [0.717, 1.165) is 37.2 Å². The largest absolute Gasteiger partial charge is 0.495 e. The molecule has 0 unspecified atom stereocenters. The average Bonchev–Trinajstić information content (AvgIpc) is 2.81. The van der Waals surface area contributed by atoms with E-state index in [4.69, 9.17) is 16.3 Å². The topological polar surface area (TPSA) is 79.0 Å². The zero-order valence-electron chi connectivity index (χ0n) is 17.7. The van der Waals surface area contributed by atoms with Gasteiger partial charge in [0.2, 0.25) is 11.8 Å². The third-order valence-corrected chi connectivity index (χ3v) is 6.87. The molecule has 0 saturated carbocycles. The van der Waals surface area contributed by atoms with Gasteiger partial charge in [0.1, 0.15) is 12.3 Å². The predicted octanol–water partition coefficient (Wildman–Crippen LogP) is 4.05. The number of hydrogen-bond acceptors (Lipinski definition) is 5. The molecule has 4 rings (SSSR count). The molecule has 0 aromatic heterocycles. The Labute approximate surface area is 196 Å². The van der Waals surface area contributed by atoms with Gasteiger partial charge in [0, 0.05) is 29.2 Å². The van der Waals surface area contributed by atoms with Crippen LogP contribution in [0.15, 0.2) is 41.3 Å². The second kappa shape index (κ2) is 9.83. The van der Waals surface area contributed by atoms with Crippen LogP contribution >= 0.6 is 23.4 Å². The summed E-state index contributed by atoms with van der Waals surface area (Å²) in [6.07, 6.45) is 3.15. The number of thioether (sulfide) groups is 1. The van der Waals surface area contributed by atoms with Crippen LogP contribution in [-0.2, 0) is 9.59 Å². The number of rotatable bonds is 5. The lowest BCUT2D eigenvalue weighted by Crippen LogP contribution is -2.41. The van der Waals surface area contributed by atoms with Gasteiger partial charge in [-0.25, -0.2) is 0 Å². The summed E-state index contributed by atoms with van der Waals surface area (Å²) in [5.74, 6) is 0.187. The van der Waals surface area contributed by atoms with Crippen LogP contribution in [0.5, 0.6) is 5.75 Å². The highest BCUT2D eigenvalue weighted by molar-refractivity contribution is 8.00. The molecule has 0 radical (unpaired) electrons. The van der Waals surface area contributed by atoms with Gasteiger partial charge >= 0.3 is 0 Å². The number of halogens is 1. The molecule has 1 fully saturated rings. The second-order valence-electron chi connectivity index (χ2n) is 7.70. The number of anilines is 2. The summed E-state index contributed by atoms with van der Waals surface area (Å²) in [5.41, 5.74) is 1.64. The molecule has 1 saturated heterocycles. The minimum absolute atomic E-state index is 0.0344. The number of methoxy groups -OCH3 is 1. The maximum Gasteiger partial charge on any atom is 0.253 e. The van der Waals surface area contributed by atoms with Crippen molar-refractivity contribution in [3.05, 3.63) is 47.0 Å². The van der Waals surface area contributed by atoms with Crippen molar-refractivity contribution < 1.29 is 19.1 Å². The van der Waals surface area contributed by atoms with Gasteiger partial charge in [-0.2, -0.15) is 0 Å². The number of carbonyl (C=O) groups excluding carboxylic acids is 3. The normalized spacial score (nSPS) is 15.9. The lowest BCUT2D eigenvalue weighted by atomic mass is 10.1. The third kappa shape index (κ3) is 4.86. The first-order valence-corrected chi connectivity index (χ1v) is 11.8. The number of fused-ring (bicyclic) bond motifs is 1. The van der Waals surface area contributed by atoms with Gasteiger partial charge in [-0.05, 0) is 55.7 Å². The van der Waals surface area contributed by atoms with Crippen molar-refractivity contribution in [2.45, 2.75) is 24.2 Å². The zero-order valence-corrected chi connectivity index (χ0v) is 19.3. The van der Waals surface area contributed by atoms with Gasteiger partial charge < -0.3 is 19.9 Å². The van der Waals surface area contributed by atoms with E-state index < -0.39 is 0 Å². The quantitative estimate of drug-likeness (QED) is 0.708. The van der Waals surface area contributed by atoms with Gasteiger partial charge in [0.15, 0.2) is 0 Å². The zero-order chi connectivity index (χ0) is 22.7.